The van der Waals surface area contributed by atoms with Crippen molar-refractivity contribution in [2.45, 2.75) is 32.7 Å². The zero-order chi connectivity index (χ0) is 12.8. The molecule has 0 radical (unpaired) electrons. The first-order chi connectivity index (χ1) is 8.81. The Bertz CT molecular complexity index is 479. The summed E-state index contributed by atoms with van der Waals surface area (Å²) in [5, 5.41) is 3.58. The molecule has 1 N–H and O–H groups in total. The molecule has 1 unspecified atom stereocenters. The second-order valence-corrected chi connectivity index (χ2v) is 4.55. The maximum absolute atomic E-state index is 4.05. The number of para-hydroxylation sites is 1. The number of rotatable bonds is 5. The lowest BCUT2D eigenvalue weighted by atomic mass is 10.1. The van der Waals surface area contributed by atoms with Crippen LogP contribution < -0.4 is 5.32 Å². The van der Waals surface area contributed by atoms with Crippen molar-refractivity contribution < 1.29 is 0 Å². The summed E-state index contributed by atoms with van der Waals surface area (Å²) in [7, 11) is 0. The molecule has 0 spiro atoms. The van der Waals surface area contributed by atoms with E-state index in [0.29, 0.717) is 6.04 Å². The Kier molecular flexibility index (Phi) is 4.35. The van der Waals surface area contributed by atoms with Gasteiger partial charge in [0.1, 0.15) is 0 Å². The molecule has 1 aromatic carbocycles. The van der Waals surface area contributed by atoms with Gasteiger partial charge in [-0.25, -0.2) is 0 Å². The maximum Gasteiger partial charge on any atom is 0.0486 e. The maximum atomic E-state index is 4.05. The first-order valence-corrected chi connectivity index (χ1v) is 6.55. The minimum absolute atomic E-state index is 0.297. The summed E-state index contributed by atoms with van der Waals surface area (Å²) in [5.74, 6) is 0. The molecule has 0 saturated heterocycles. The number of anilines is 1. The Balaban J connectivity index is 2.14. The fraction of sp³-hybridized carbons (Fsp3) is 0.312. The number of hydrogen-bond acceptors (Lipinski definition) is 2. The highest BCUT2D eigenvalue weighted by Crippen LogP contribution is 2.22. The van der Waals surface area contributed by atoms with Gasteiger partial charge in [-0.15, -0.1) is 0 Å². The van der Waals surface area contributed by atoms with Gasteiger partial charge in [0.2, 0.25) is 0 Å². The van der Waals surface area contributed by atoms with E-state index in [2.05, 4.69) is 60.5 Å². The molecule has 18 heavy (non-hydrogen) atoms. The van der Waals surface area contributed by atoms with Crippen molar-refractivity contribution in [2.24, 2.45) is 0 Å². The van der Waals surface area contributed by atoms with Crippen LogP contribution in [0.15, 0.2) is 48.8 Å². The quantitative estimate of drug-likeness (QED) is 0.847. The zero-order valence-corrected chi connectivity index (χ0v) is 11.1. The molecule has 2 rings (SSSR count). The molecule has 2 nitrogen and oxygen atoms in total. The second kappa shape index (κ2) is 6.20. The van der Waals surface area contributed by atoms with Gasteiger partial charge in [0, 0.05) is 24.1 Å². The van der Waals surface area contributed by atoms with Crippen LogP contribution in [0.3, 0.4) is 0 Å². The number of aromatic nitrogens is 1. The Hall–Kier alpha value is -1.83. The first-order valence-electron chi connectivity index (χ1n) is 6.55. The Morgan fingerprint density at radius 3 is 2.56 bits per heavy atom. The van der Waals surface area contributed by atoms with E-state index in [1.807, 2.05) is 12.4 Å². The van der Waals surface area contributed by atoms with Crippen molar-refractivity contribution in [2.75, 3.05) is 5.32 Å². The number of hydrogen-bond donors (Lipinski definition) is 1. The predicted molar refractivity (Wildman–Crippen MR) is 76.7 cm³/mol. The number of benzene rings is 1. The topological polar surface area (TPSA) is 24.9 Å². The molecule has 1 aromatic heterocycles. The van der Waals surface area contributed by atoms with Crippen molar-refractivity contribution in [3.8, 4) is 0 Å². The van der Waals surface area contributed by atoms with Gasteiger partial charge < -0.3 is 5.32 Å². The minimum Gasteiger partial charge on any atom is -0.378 e. The lowest BCUT2D eigenvalue weighted by Gasteiger charge is -2.18. The van der Waals surface area contributed by atoms with E-state index in [9.17, 15) is 0 Å². The zero-order valence-electron chi connectivity index (χ0n) is 11.1. The molecule has 2 aromatic rings. The van der Waals surface area contributed by atoms with Crippen LogP contribution in [0.2, 0.25) is 0 Å². The minimum atomic E-state index is 0.297. The fourth-order valence-corrected chi connectivity index (χ4v) is 2.12. The normalized spacial score (nSPS) is 12.1. The molecule has 0 aliphatic heterocycles. The van der Waals surface area contributed by atoms with Crippen LogP contribution in [0.4, 0.5) is 5.69 Å². The summed E-state index contributed by atoms with van der Waals surface area (Å²) < 4.78 is 0. The highest BCUT2D eigenvalue weighted by atomic mass is 14.9. The van der Waals surface area contributed by atoms with Gasteiger partial charge in [0.25, 0.3) is 0 Å². The molecular formula is C16H20N2. The third-order valence-electron chi connectivity index (χ3n) is 3.11. The van der Waals surface area contributed by atoms with Gasteiger partial charge in [-0.3, -0.25) is 4.98 Å². The molecule has 0 bridgehead atoms. The van der Waals surface area contributed by atoms with Crippen molar-refractivity contribution in [3.63, 3.8) is 0 Å². The van der Waals surface area contributed by atoms with E-state index in [4.69, 9.17) is 0 Å². The number of nitrogens with zero attached hydrogens (tertiary/aromatic N) is 1. The lowest BCUT2D eigenvalue weighted by molar-refractivity contribution is 0.864. The summed E-state index contributed by atoms with van der Waals surface area (Å²) in [6.45, 7) is 4.39. The van der Waals surface area contributed by atoms with Crippen LogP contribution in [-0.2, 0) is 6.42 Å². The highest BCUT2D eigenvalue weighted by molar-refractivity contribution is 5.52. The summed E-state index contributed by atoms with van der Waals surface area (Å²) in [6, 6.07) is 13.0. The number of nitrogens with one attached hydrogen (secondary N) is 1. The Labute approximate surface area is 109 Å². The van der Waals surface area contributed by atoms with Crippen molar-refractivity contribution in [1.82, 2.24) is 4.98 Å². The largest absolute Gasteiger partial charge is 0.378 e. The fourth-order valence-electron chi connectivity index (χ4n) is 2.12. The van der Waals surface area contributed by atoms with Crippen molar-refractivity contribution >= 4 is 5.69 Å². The molecule has 1 atom stereocenters. The number of pyridine rings is 1. The second-order valence-electron chi connectivity index (χ2n) is 4.55. The monoisotopic (exact) mass is 240 g/mol. The van der Waals surface area contributed by atoms with Gasteiger partial charge >= 0.3 is 0 Å². The lowest BCUT2D eigenvalue weighted by Crippen LogP contribution is -2.08. The molecule has 94 valence electrons. The molecule has 0 fully saturated rings. The SMILES string of the molecule is CCCc1ccccc1NC(C)c1ccncc1. The van der Waals surface area contributed by atoms with E-state index in [0.717, 1.165) is 6.42 Å². The summed E-state index contributed by atoms with van der Waals surface area (Å²) in [4.78, 5) is 4.05. The van der Waals surface area contributed by atoms with Crippen molar-refractivity contribution in [1.29, 1.82) is 0 Å². The molecule has 0 saturated carbocycles. The van der Waals surface area contributed by atoms with Crippen LogP contribution in [0.1, 0.15) is 37.4 Å². The third kappa shape index (κ3) is 3.10. The van der Waals surface area contributed by atoms with Crippen LogP contribution in [-0.4, -0.2) is 4.98 Å². The molecular weight excluding hydrogens is 220 g/mol. The highest BCUT2D eigenvalue weighted by Gasteiger charge is 2.07. The van der Waals surface area contributed by atoms with E-state index in [1.165, 1.54) is 23.2 Å². The van der Waals surface area contributed by atoms with Gasteiger partial charge in [-0.05, 0) is 42.7 Å². The summed E-state index contributed by atoms with van der Waals surface area (Å²) in [5.41, 5.74) is 3.89. The molecule has 2 heteroatoms. The van der Waals surface area contributed by atoms with Crippen LogP contribution in [0, 0.1) is 0 Å². The smallest absolute Gasteiger partial charge is 0.0486 e. The Morgan fingerprint density at radius 1 is 1.11 bits per heavy atom. The van der Waals surface area contributed by atoms with Gasteiger partial charge in [-0.1, -0.05) is 31.5 Å². The van der Waals surface area contributed by atoms with Crippen LogP contribution >= 0.6 is 0 Å². The summed E-state index contributed by atoms with van der Waals surface area (Å²) in [6.07, 6.45) is 5.96. The van der Waals surface area contributed by atoms with Crippen LogP contribution in [0.25, 0.3) is 0 Å². The van der Waals surface area contributed by atoms with Gasteiger partial charge in [0.05, 0.1) is 0 Å². The van der Waals surface area contributed by atoms with Gasteiger partial charge in [0.15, 0.2) is 0 Å². The molecule has 0 aliphatic rings. The number of aryl methyl sites for hydroxylation is 1. The Morgan fingerprint density at radius 2 is 1.83 bits per heavy atom. The average Bonchev–Trinajstić information content (AvgIpc) is 2.42. The van der Waals surface area contributed by atoms with E-state index in [1.54, 1.807) is 0 Å². The predicted octanol–water partition coefficient (Wildman–Crippen LogP) is 4.21. The summed E-state index contributed by atoms with van der Waals surface area (Å²) >= 11 is 0. The van der Waals surface area contributed by atoms with Crippen LogP contribution in [0.5, 0.6) is 0 Å². The van der Waals surface area contributed by atoms with E-state index in [-0.39, 0.29) is 0 Å². The van der Waals surface area contributed by atoms with Crippen molar-refractivity contribution in [3.05, 3.63) is 59.9 Å². The van der Waals surface area contributed by atoms with E-state index < -0.39 is 0 Å². The standard InChI is InChI=1S/C16H20N2/c1-3-6-15-7-4-5-8-16(15)18-13(2)14-9-11-17-12-10-14/h4-5,7-13,18H,3,6H2,1-2H3. The van der Waals surface area contributed by atoms with E-state index >= 15 is 0 Å². The molecule has 0 aliphatic carbocycles. The first kappa shape index (κ1) is 12.6. The molecule has 1 heterocycles. The molecule has 0 amide bonds. The van der Waals surface area contributed by atoms with Gasteiger partial charge in [-0.2, -0.15) is 0 Å². The third-order valence-corrected chi connectivity index (χ3v) is 3.11. The average molecular weight is 240 g/mol.